The second-order valence-corrected chi connectivity index (χ2v) is 7.96. The normalized spacial score (nSPS) is 11.5. The van der Waals surface area contributed by atoms with Crippen molar-refractivity contribution in [3.63, 3.8) is 0 Å². The van der Waals surface area contributed by atoms with Gasteiger partial charge in [-0.05, 0) is 37.2 Å². The van der Waals surface area contributed by atoms with Crippen LogP contribution in [0, 0.1) is 6.92 Å². The molecule has 2 N–H and O–H groups in total. The number of esters is 1. The Morgan fingerprint density at radius 3 is 2.29 bits per heavy atom. The molecule has 1 atom stereocenters. The van der Waals surface area contributed by atoms with Crippen molar-refractivity contribution in [2.75, 3.05) is 12.4 Å². The molecule has 0 saturated carbocycles. The van der Waals surface area contributed by atoms with Crippen LogP contribution in [0.15, 0.2) is 60.7 Å². The number of anilines is 1. The maximum Gasteiger partial charge on any atom is 0.341 e. The molecule has 3 aromatic rings. The topological polar surface area (TPSA) is 50.4 Å². The molecule has 0 fully saturated rings. The molecule has 28 heavy (non-hydrogen) atoms. The average molecular weight is 411 g/mol. The summed E-state index contributed by atoms with van der Waals surface area (Å²) in [7, 11) is 1.39. The highest BCUT2D eigenvalue weighted by atomic mass is 32.1. The highest BCUT2D eigenvalue weighted by Gasteiger charge is 2.24. The fraction of sp³-hybridized carbons (Fsp3) is 0.182. The van der Waals surface area contributed by atoms with Crippen molar-refractivity contribution in [1.82, 2.24) is 5.32 Å². The van der Waals surface area contributed by atoms with E-state index in [1.165, 1.54) is 18.4 Å². The summed E-state index contributed by atoms with van der Waals surface area (Å²) in [5.74, 6) is -0.385. The number of thiophene rings is 1. The monoisotopic (exact) mass is 410 g/mol. The van der Waals surface area contributed by atoms with Gasteiger partial charge in [-0.15, -0.1) is 11.3 Å². The van der Waals surface area contributed by atoms with Gasteiger partial charge in [0.1, 0.15) is 10.6 Å². The van der Waals surface area contributed by atoms with Crippen molar-refractivity contribution in [1.29, 1.82) is 0 Å². The Labute approximate surface area is 174 Å². The van der Waals surface area contributed by atoms with E-state index in [9.17, 15) is 4.79 Å². The van der Waals surface area contributed by atoms with Gasteiger partial charge in [-0.25, -0.2) is 4.79 Å². The highest BCUT2D eigenvalue weighted by Crippen LogP contribution is 2.40. The maximum absolute atomic E-state index is 12.5. The molecule has 0 saturated heterocycles. The number of aryl methyl sites for hydroxylation is 1. The van der Waals surface area contributed by atoms with E-state index in [-0.39, 0.29) is 12.0 Å². The van der Waals surface area contributed by atoms with E-state index in [1.807, 2.05) is 74.5 Å². The number of nitrogens with one attached hydrogen (secondary N) is 2. The lowest BCUT2D eigenvalue weighted by Crippen LogP contribution is -2.31. The molecule has 144 valence electrons. The molecule has 0 bridgehead atoms. The summed E-state index contributed by atoms with van der Waals surface area (Å²) in [6, 6.07) is 19.9. The highest BCUT2D eigenvalue weighted by molar-refractivity contribution is 7.80. The summed E-state index contributed by atoms with van der Waals surface area (Å²) in [6.07, 6.45) is 0. The summed E-state index contributed by atoms with van der Waals surface area (Å²) in [6.45, 7) is 4.04. The quantitative estimate of drug-likeness (QED) is 0.426. The van der Waals surface area contributed by atoms with Gasteiger partial charge in [0, 0.05) is 10.4 Å². The minimum atomic E-state index is -0.385. The molecule has 3 rings (SSSR count). The van der Waals surface area contributed by atoms with Crippen molar-refractivity contribution >= 4 is 39.6 Å². The summed E-state index contributed by atoms with van der Waals surface area (Å²) in [5.41, 5.74) is 3.49. The van der Waals surface area contributed by atoms with Crippen molar-refractivity contribution in [3.05, 3.63) is 76.7 Å². The van der Waals surface area contributed by atoms with Gasteiger partial charge in [0.15, 0.2) is 5.11 Å². The number of carbonyl (C=O) groups excluding carboxylic acids is 1. The van der Waals surface area contributed by atoms with E-state index in [1.54, 1.807) is 0 Å². The number of ether oxygens (including phenoxy) is 1. The van der Waals surface area contributed by atoms with E-state index in [2.05, 4.69) is 10.6 Å². The van der Waals surface area contributed by atoms with Gasteiger partial charge in [0.05, 0.1) is 13.2 Å². The van der Waals surface area contributed by atoms with Crippen molar-refractivity contribution < 1.29 is 9.53 Å². The zero-order valence-electron chi connectivity index (χ0n) is 16.0. The molecular weight excluding hydrogens is 388 g/mol. The van der Waals surface area contributed by atoms with Crippen LogP contribution in [0.5, 0.6) is 0 Å². The minimum Gasteiger partial charge on any atom is -0.465 e. The van der Waals surface area contributed by atoms with E-state index in [4.69, 9.17) is 17.0 Å². The molecule has 1 unspecified atom stereocenters. The molecule has 4 nitrogen and oxygen atoms in total. The van der Waals surface area contributed by atoms with Crippen LogP contribution in [0.25, 0.3) is 11.1 Å². The second-order valence-electron chi connectivity index (χ2n) is 6.33. The summed E-state index contributed by atoms with van der Waals surface area (Å²) >= 11 is 6.99. The Bertz CT molecular complexity index is 969. The van der Waals surface area contributed by atoms with Crippen molar-refractivity contribution in [2.24, 2.45) is 0 Å². The zero-order valence-corrected chi connectivity index (χ0v) is 17.6. The summed E-state index contributed by atoms with van der Waals surface area (Å²) in [5, 5.41) is 7.61. The molecule has 2 aromatic carbocycles. The lowest BCUT2D eigenvalue weighted by molar-refractivity contribution is 0.0603. The molecule has 0 aliphatic rings. The largest absolute Gasteiger partial charge is 0.465 e. The standard InChI is InChI=1S/C22H22N2O2S2/c1-14(16-10-6-4-7-11-16)23-22(27)24-20-19(21(25)26-3)18(15(2)28-20)17-12-8-5-9-13-17/h4-14H,1-3H3,(H2,23,24,27). The lowest BCUT2D eigenvalue weighted by Gasteiger charge is -2.17. The van der Waals surface area contributed by atoms with Gasteiger partial charge >= 0.3 is 5.97 Å². The van der Waals surface area contributed by atoms with E-state index in [0.717, 1.165) is 21.6 Å². The molecule has 6 heteroatoms. The number of hydrogen-bond donors (Lipinski definition) is 2. The molecule has 0 aliphatic heterocycles. The van der Waals surface area contributed by atoms with Crippen LogP contribution >= 0.6 is 23.6 Å². The van der Waals surface area contributed by atoms with Crippen molar-refractivity contribution in [3.8, 4) is 11.1 Å². The maximum atomic E-state index is 12.5. The van der Waals surface area contributed by atoms with E-state index < -0.39 is 0 Å². The van der Waals surface area contributed by atoms with Gasteiger partial charge in [-0.3, -0.25) is 0 Å². The van der Waals surface area contributed by atoms with Gasteiger partial charge < -0.3 is 15.4 Å². The minimum absolute atomic E-state index is 0.0393. The first kappa shape index (κ1) is 20.0. The van der Waals surface area contributed by atoms with Crippen LogP contribution in [0.2, 0.25) is 0 Å². The molecule has 1 aromatic heterocycles. The lowest BCUT2D eigenvalue weighted by atomic mass is 10.0. The average Bonchev–Trinajstić information content (AvgIpc) is 3.04. The molecule has 0 aliphatic carbocycles. The Kier molecular flexibility index (Phi) is 6.44. The smallest absolute Gasteiger partial charge is 0.341 e. The number of methoxy groups -OCH3 is 1. The van der Waals surface area contributed by atoms with Crippen LogP contribution < -0.4 is 10.6 Å². The molecule has 0 spiro atoms. The third kappa shape index (κ3) is 4.40. The fourth-order valence-electron chi connectivity index (χ4n) is 3.04. The number of hydrogen-bond acceptors (Lipinski definition) is 4. The molecular formula is C22H22N2O2S2. The first-order valence-corrected chi connectivity index (χ1v) is 10.1. The summed E-state index contributed by atoms with van der Waals surface area (Å²) < 4.78 is 5.05. The predicted octanol–water partition coefficient (Wildman–Crippen LogP) is 5.56. The Morgan fingerprint density at radius 2 is 1.68 bits per heavy atom. The third-order valence-corrected chi connectivity index (χ3v) is 5.65. The molecule has 0 amide bonds. The van der Waals surface area contributed by atoms with Crippen LogP contribution in [0.3, 0.4) is 0 Å². The van der Waals surface area contributed by atoms with E-state index >= 15 is 0 Å². The fourth-order valence-corrected chi connectivity index (χ4v) is 4.46. The van der Waals surface area contributed by atoms with Gasteiger partial charge in [-0.2, -0.15) is 0 Å². The van der Waals surface area contributed by atoms with E-state index in [0.29, 0.717) is 15.7 Å². The second kappa shape index (κ2) is 8.99. The number of benzene rings is 2. The number of thiocarbonyl (C=S) groups is 1. The van der Waals surface area contributed by atoms with Crippen molar-refractivity contribution in [2.45, 2.75) is 19.9 Å². The molecule has 0 radical (unpaired) electrons. The Hall–Kier alpha value is -2.70. The van der Waals surface area contributed by atoms with Gasteiger partial charge in [-0.1, -0.05) is 60.7 Å². The molecule has 1 heterocycles. The zero-order chi connectivity index (χ0) is 20.1. The van der Waals surface area contributed by atoms with Crippen LogP contribution in [0.4, 0.5) is 5.00 Å². The summed E-state index contributed by atoms with van der Waals surface area (Å²) in [4.78, 5) is 13.6. The predicted molar refractivity (Wildman–Crippen MR) is 120 cm³/mol. The van der Waals surface area contributed by atoms with Crippen LogP contribution in [-0.4, -0.2) is 18.2 Å². The first-order chi connectivity index (χ1) is 13.5. The van der Waals surface area contributed by atoms with Gasteiger partial charge in [0.2, 0.25) is 0 Å². The Balaban J connectivity index is 1.87. The van der Waals surface area contributed by atoms with Crippen LogP contribution in [-0.2, 0) is 4.74 Å². The Morgan fingerprint density at radius 1 is 1.07 bits per heavy atom. The number of carbonyl (C=O) groups is 1. The van der Waals surface area contributed by atoms with Gasteiger partial charge in [0.25, 0.3) is 0 Å². The first-order valence-electron chi connectivity index (χ1n) is 8.90. The third-order valence-electron chi connectivity index (χ3n) is 4.41. The van der Waals surface area contributed by atoms with Crippen LogP contribution in [0.1, 0.15) is 33.8 Å². The number of rotatable bonds is 5. The SMILES string of the molecule is COC(=O)c1c(NC(=S)NC(C)c2ccccc2)sc(C)c1-c1ccccc1.